The number of benzene rings is 2. The van der Waals surface area contributed by atoms with E-state index < -0.39 is 5.82 Å². The van der Waals surface area contributed by atoms with E-state index in [4.69, 9.17) is 4.74 Å². The Morgan fingerprint density at radius 1 is 1.10 bits per heavy atom. The molecule has 0 bridgehead atoms. The van der Waals surface area contributed by atoms with Crippen LogP contribution in [0.2, 0.25) is 0 Å². The van der Waals surface area contributed by atoms with Gasteiger partial charge < -0.3 is 9.64 Å². The van der Waals surface area contributed by atoms with Gasteiger partial charge in [-0.05, 0) is 62.1 Å². The fraction of sp³-hybridized carbons (Fsp3) is 0.440. The largest absolute Gasteiger partial charge is 0.486 e. The Bertz CT molecular complexity index is 919. The number of ketones is 1. The van der Waals surface area contributed by atoms with Gasteiger partial charge in [0.1, 0.15) is 12.4 Å². The molecule has 1 saturated carbocycles. The molecule has 30 heavy (non-hydrogen) atoms. The maximum atomic E-state index is 15.0. The molecule has 1 aliphatic heterocycles. The number of ether oxygens (including phenoxy) is 1. The van der Waals surface area contributed by atoms with Crippen molar-refractivity contribution in [2.75, 3.05) is 6.54 Å². The van der Waals surface area contributed by atoms with Gasteiger partial charge in [0, 0.05) is 19.0 Å². The summed E-state index contributed by atoms with van der Waals surface area (Å²) in [6.45, 7) is 3.02. The lowest BCUT2D eigenvalue weighted by atomic mass is 9.79. The lowest BCUT2D eigenvalue weighted by Crippen LogP contribution is -2.28. The molecule has 1 fully saturated rings. The second-order valence-corrected chi connectivity index (χ2v) is 8.53. The quantitative estimate of drug-likeness (QED) is 0.636. The monoisotopic (exact) mass is 409 g/mol. The third-order valence-corrected chi connectivity index (χ3v) is 6.52. The van der Waals surface area contributed by atoms with Crippen molar-refractivity contribution in [1.29, 1.82) is 0 Å². The number of halogens is 1. The summed E-state index contributed by atoms with van der Waals surface area (Å²) in [6, 6.07) is 13.0. The molecule has 0 atom stereocenters. The van der Waals surface area contributed by atoms with Crippen molar-refractivity contribution in [3.63, 3.8) is 0 Å². The molecule has 0 N–H and O–H groups in total. The second-order valence-electron chi connectivity index (χ2n) is 8.53. The summed E-state index contributed by atoms with van der Waals surface area (Å²) in [5.74, 6) is 0.353. The number of hydrogen-bond acceptors (Lipinski definition) is 3. The lowest BCUT2D eigenvalue weighted by molar-refractivity contribution is -0.121. The Morgan fingerprint density at radius 2 is 1.83 bits per heavy atom. The van der Waals surface area contributed by atoms with Crippen LogP contribution < -0.4 is 4.74 Å². The van der Waals surface area contributed by atoms with Crippen LogP contribution in [0.1, 0.15) is 60.5 Å². The Hall–Kier alpha value is -2.69. The standard InChI is InChI=1S/C25H28FNO3/c1-17(28)20-9-7-18(8-10-20)13-14-27-15-21-11-12-22(24(26)23(21)25(27)29)30-16-19-5-3-2-4-6-19/h2-6,11-12,18,20H,7-10,13-16H2,1H3. The third kappa shape index (κ3) is 4.40. The maximum Gasteiger partial charge on any atom is 0.257 e. The number of nitrogens with zero attached hydrogens (tertiary/aromatic N) is 1. The first-order valence-electron chi connectivity index (χ1n) is 10.8. The predicted octanol–water partition coefficient (Wildman–Crippen LogP) is 5.15. The van der Waals surface area contributed by atoms with Crippen molar-refractivity contribution in [3.05, 3.63) is 65.0 Å². The molecule has 2 aliphatic rings. The molecule has 158 valence electrons. The molecule has 0 aromatic heterocycles. The smallest absolute Gasteiger partial charge is 0.257 e. The number of hydrogen-bond donors (Lipinski definition) is 0. The van der Waals surface area contributed by atoms with Gasteiger partial charge in [0.05, 0.1) is 5.56 Å². The highest BCUT2D eigenvalue weighted by atomic mass is 19.1. The molecule has 5 heteroatoms. The molecular formula is C25H28FNO3. The van der Waals surface area contributed by atoms with E-state index in [1.54, 1.807) is 24.0 Å². The van der Waals surface area contributed by atoms with E-state index in [9.17, 15) is 9.59 Å². The lowest BCUT2D eigenvalue weighted by Gasteiger charge is -2.28. The molecule has 0 radical (unpaired) electrons. The van der Waals surface area contributed by atoms with Crippen LogP contribution >= 0.6 is 0 Å². The summed E-state index contributed by atoms with van der Waals surface area (Å²) in [5, 5.41) is 0. The van der Waals surface area contributed by atoms with E-state index in [0.29, 0.717) is 24.8 Å². The van der Waals surface area contributed by atoms with Crippen LogP contribution in [0.25, 0.3) is 0 Å². The fourth-order valence-electron chi connectivity index (χ4n) is 4.62. The molecule has 2 aromatic rings. The minimum atomic E-state index is -0.558. The van der Waals surface area contributed by atoms with Gasteiger partial charge in [0.2, 0.25) is 0 Å². The van der Waals surface area contributed by atoms with Crippen LogP contribution in [-0.2, 0) is 17.9 Å². The Balaban J connectivity index is 1.35. The zero-order valence-corrected chi connectivity index (χ0v) is 17.4. The zero-order chi connectivity index (χ0) is 21.1. The van der Waals surface area contributed by atoms with Crippen LogP contribution in [0.4, 0.5) is 4.39 Å². The molecule has 4 nitrogen and oxygen atoms in total. The average molecular weight is 410 g/mol. The number of amides is 1. The first-order valence-corrected chi connectivity index (χ1v) is 10.8. The molecule has 0 saturated heterocycles. The van der Waals surface area contributed by atoms with Crippen molar-refractivity contribution >= 4 is 11.7 Å². The van der Waals surface area contributed by atoms with Gasteiger partial charge in [-0.3, -0.25) is 9.59 Å². The average Bonchev–Trinajstić information content (AvgIpc) is 3.09. The van der Waals surface area contributed by atoms with E-state index in [1.165, 1.54) is 0 Å². The first kappa shape index (κ1) is 20.6. The molecule has 0 spiro atoms. The Morgan fingerprint density at radius 3 is 2.53 bits per heavy atom. The van der Waals surface area contributed by atoms with Gasteiger partial charge in [-0.1, -0.05) is 36.4 Å². The molecule has 1 heterocycles. The number of carbonyl (C=O) groups excluding carboxylic acids is 2. The van der Waals surface area contributed by atoms with Crippen molar-refractivity contribution in [1.82, 2.24) is 4.90 Å². The van der Waals surface area contributed by atoms with E-state index in [0.717, 1.165) is 43.2 Å². The molecule has 4 rings (SSSR count). The Kier molecular flexibility index (Phi) is 6.16. The van der Waals surface area contributed by atoms with Gasteiger partial charge >= 0.3 is 0 Å². The van der Waals surface area contributed by atoms with Crippen molar-refractivity contribution in [3.8, 4) is 5.75 Å². The summed E-state index contributed by atoms with van der Waals surface area (Å²) in [6.07, 6.45) is 4.87. The number of Topliss-reactive ketones (excluding diaryl/α,β-unsaturated/α-hetero) is 1. The highest BCUT2D eigenvalue weighted by molar-refractivity contribution is 5.99. The number of rotatable bonds is 7. The summed E-state index contributed by atoms with van der Waals surface area (Å²) in [5.41, 5.74) is 1.83. The van der Waals surface area contributed by atoms with Gasteiger partial charge in [-0.2, -0.15) is 0 Å². The van der Waals surface area contributed by atoms with Crippen LogP contribution in [-0.4, -0.2) is 23.1 Å². The minimum absolute atomic E-state index is 0.121. The number of fused-ring (bicyclic) bond motifs is 1. The molecule has 1 aliphatic carbocycles. The summed E-state index contributed by atoms with van der Waals surface area (Å²) < 4.78 is 20.7. The highest BCUT2D eigenvalue weighted by Crippen LogP contribution is 2.34. The molecule has 2 aromatic carbocycles. The van der Waals surface area contributed by atoms with Gasteiger partial charge in [-0.25, -0.2) is 4.39 Å². The summed E-state index contributed by atoms with van der Waals surface area (Å²) in [4.78, 5) is 26.1. The van der Waals surface area contributed by atoms with E-state index in [1.807, 2.05) is 30.3 Å². The van der Waals surface area contributed by atoms with Crippen molar-refractivity contribution in [2.24, 2.45) is 11.8 Å². The van der Waals surface area contributed by atoms with Gasteiger partial charge in [0.25, 0.3) is 5.91 Å². The van der Waals surface area contributed by atoms with Crippen LogP contribution in [0.15, 0.2) is 42.5 Å². The van der Waals surface area contributed by atoms with E-state index >= 15 is 4.39 Å². The van der Waals surface area contributed by atoms with E-state index in [-0.39, 0.29) is 29.7 Å². The van der Waals surface area contributed by atoms with Crippen LogP contribution in [0, 0.1) is 17.7 Å². The summed E-state index contributed by atoms with van der Waals surface area (Å²) in [7, 11) is 0. The fourth-order valence-corrected chi connectivity index (χ4v) is 4.62. The van der Waals surface area contributed by atoms with Crippen molar-refractivity contribution < 1.29 is 18.7 Å². The summed E-state index contributed by atoms with van der Waals surface area (Å²) >= 11 is 0. The van der Waals surface area contributed by atoms with Crippen LogP contribution in [0.5, 0.6) is 5.75 Å². The minimum Gasteiger partial charge on any atom is -0.486 e. The molecular weight excluding hydrogens is 381 g/mol. The normalized spacial score (nSPS) is 20.9. The zero-order valence-electron chi connectivity index (χ0n) is 17.4. The van der Waals surface area contributed by atoms with Gasteiger partial charge in [0.15, 0.2) is 11.6 Å². The molecule has 1 amide bonds. The predicted molar refractivity (Wildman–Crippen MR) is 113 cm³/mol. The maximum absolute atomic E-state index is 15.0. The van der Waals surface area contributed by atoms with Gasteiger partial charge in [-0.15, -0.1) is 0 Å². The number of carbonyl (C=O) groups is 2. The first-order chi connectivity index (χ1) is 14.5. The second kappa shape index (κ2) is 8.99. The molecule has 0 unspecified atom stereocenters. The van der Waals surface area contributed by atoms with E-state index in [2.05, 4.69) is 0 Å². The Labute approximate surface area is 177 Å². The van der Waals surface area contributed by atoms with Crippen LogP contribution in [0.3, 0.4) is 0 Å². The third-order valence-electron chi connectivity index (χ3n) is 6.52. The SMILES string of the molecule is CC(=O)C1CCC(CCN2Cc3ccc(OCc4ccccc4)c(F)c3C2=O)CC1. The highest BCUT2D eigenvalue weighted by Gasteiger charge is 2.33. The van der Waals surface area contributed by atoms with Crippen molar-refractivity contribution in [2.45, 2.75) is 52.2 Å². The topological polar surface area (TPSA) is 46.6 Å².